The van der Waals surface area contributed by atoms with Crippen LogP contribution < -0.4 is 20.7 Å². The average Bonchev–Trinajstić information content (AvgIpc) is 2.37. The van der Waals surface area contributed by atoms with Crippen LogP contribution in [0.4, 0.5) is 5.69 Å². The third kappa shape index (κ3) is 4.79. The number of anilines is 1. The Labute approximate surface area is 114 Å². The molecule has 1 unspecified atom stereocenters. The van der Waals surface area contributed by atoms with Crippen molar-refractivity contribution in [1.82, 2.24) is 5.32 Å². The van der Waals surface area contributed by atoms with Crippen molar-refractivity contribution in [3.63, 3.8) is 0 Å². The molecule has 106 valence electrons. The summed E-state index contributed by atoms with van der Waals surface area (Å²) < 4.78 is 5.19. The van der Waals surface area contributed by atoms with E-state index < -0.39 is 0 Å². The van der Waals surface area contributed by atoms with E-state index in [9.17, 15) is 4.79 Å². The monoisotopic (exact) mass is 265 g/mol. The third-order valence-electron chi connectivity index (χ3n) is 2.83. The molecule has 1 aromatic rings. The highest BCUT2D eigenvalue weighted by Gasteiger charge is 2.18. The van der Waals surface area contributed by atoms with Crippen molar-refractivity contribution in [3.05, 3.63) is 24.3 Å². The van der Waals surface area contributed by atoms with Crippen LogP contribution in [0.25, 0.3) is 0 Å². The maximum atomic E-state index is 11.4. The fourth-order valence-corrected chi connectivity index (χ4v) is 1.85. The lowest BCUT2D eigenvalue weighted by atomic mass is 10.2. The number of hydrogen-bond acceptors (Lipinski definition) is 4. The fraction of sp³-hybridized carbons (Fsp3) is 0.500. The second-order valence-electron chi connectivity index (χ2n) is 4.86. The van der Waals surface area contributed by atoms with Gasteiger partial charge in [-0.05, 0) is 12.1 Å². The molecule has 3 N–H and O–H groups in total. The second-order valence-corrected chi connectivity index (χ2v) is 4.86. The standard InChI is InChI=1S/C14H23N3O2/c1-10(2)16-13(14(15)18)9-17(3)11-6-5-7-12(8-11)19-4/h5-8,10,13,16H,9H2,1-4H3,(H2,15,18). The molecule has 5 nitrogen and oxygen atoms in total. The van der Waals surface area contributed by atoms with Crippen LogP contribution in [-0.2, 0) is 4.79 Å². The number of nitrogens with one attached hydrogen (secondary N) is 1. The summed E-state index contributed by atoms with van der Waals surface area (Å²) >= 11 is 0. The minimum absolute atomic E-state index is 0.205. The minimum atomic E-state index is -0.379. The molecule has 1 atom stereocenters. The number of likely N-dealkylation sites (N-methyl/N-ethyl adjacent to an activating group) is 1. The molecule has 1 aromatic carbocycles. The van der Waals surface area contributed by atoms with Crippen molar-refractivity contribution in [1.29, 1.82) is 0 Å². The van der Waals surface area contributed by atoms with Gasteiger partial charge in [-0.25, -0.2) is 0 Å². The molecule has 0 heterocycles. The molecule has 0 aliphatic rings. The van der Waals surface area contributed by atoms with Crippen molar-refractivity contribution in [3.8, 4) is 5.75 Å². The van der Waals surface area contributed by atoms with Crippen LogP contribution >= 0.6 is 0 Å². The molecule has 0 aromatic heterocycles. The lowest BCUT2D eigenvalue weighted by molar-refractivity contribution is -0.119. The minimum Gasteiger partial charge on any atom is -0.497 e. The first-order valence-corrected chi connectivity index (χ1v) is 6.34. The van der Waals surface area contributed by atoms with E-state index in [1.807, 2.05) is 50.1 Å². The Kier molecular flexibility index (Phi) is 5.63. The maximum Gasteiger partial charge on any atom is 0.236 e. The SMILES string of the molecule is COc1cccc(N(C)CC(NC(C)C)C(N)=O)c1. The molecule has 0 spiro atoms. The molecule has 0 aliphatic heterocycles. The number of ether oxygens (including phenoxy) is 1. The van der Waals surface area contributed by atoms with E-state index in [-0.39, 0.29) is 18.0 Å². The lowest BCUT2D eigenvalue weighted by Gasteiger charge is -2.26. The Morgan fingerprint density at radius 2 is 2.16 bits per heavy atom. The van der Waals surface area contributed by atoms with Crippen LogP contribution in [0.3, 0.4) is 0 Å². The van der Waals surface area contributed by atoms with Gasteiger partial charge >= 0.3 is 0 Å². The first kappa shape index (κ1) is 15.3. The highest BCUT2D eigenvalue weighted by Crippen LogP contribution is 2.19. The molecule has 0 saturated heterocycles. The van der Waals surface area contributed by atoms with Gasteiger partial charge in [-0.3, -0.25) is 4.79 Å². The number of benzene rings is 1. The Bertz CT molecular complexity index is 421. The van der Waals surface area contributed by atoms with Gasteiger partial charge in [0.2, 0.25) is 5.91 Å². The highest BCUT2D eigenvalue weighted by atomic mass is 16.5. The van der Waals surface area contributed by atoms with E-state index in [1.54, 1.807) is 7.11 Å². The first-order chi connectivity index (χ1) is 8.93. The second kappa shape index (κ2) is 6.99. The van der Waals surface area contributed by atoms with E-state index in [1.165, 1.54) is 0 Å². The van der Waals surface area contributed by atoms with Crippen LogP contribution in [-0.4, -0.2) is 38.7 Å². The summed E-state index contributed by atoms with van der Waals surface area (Å²) in [5.41, 5.74) is 6.40. The van der Waals surface area contributed by atoms with Crippen LogP contribution in [0.1, 0.15) is 13.8 Å². The highest BCUT2D eigenvalue weighted by molar-refractivity contribution is 5.80. The van der Waals surface area contributed by atoms with Crippen molar-refractivity contribution >= 4 is 11.6 Å². The maximum absolute atomic E-state index is 11.4. The van der Waals surface area contributed by atoms with Crippen molar-refractivity contribution in [2.75, 3.05) is 25.6 Å². The van der Waals surface area contributed by atoms with Gasteiger partial charge in [-0.2, -0.15) is 0 Å². The van der Waals surface area contributed by atoms with E-state index in [0.717, 1.165) is 11.4 Å². The lowest BCUT2D eigenvalue weighted by Crippen LogP contribution is -2.50. The van der Waals surface area contributed by atoms with Gasteiger partial charge in [0.1, 0.15) is 11.8 Å². The topological polar surface area (TPSA) is 67.6 Å². The zero-order chi connectivity index (χ0) is 14.4. The number of rotatable bonds is 7. The Morgan fingerprint density at radius 1 is 1.47 bits per heavy atom. The molecule has 19 heavy (non-hydrogen) atoms. The molecule has 5 heteroatoms. The summed E-state index contributed by atoms with van der Waals surface area (Å²) in [4.78, 5) is 13.4. The summed E-state index contributed by atoms with van der Waals surface area (Å²) in [6.07, 6.45) is 0. The van der Waals surface area contributed by atoms with Crippen molar-refractivity contribution in [2.24, 2.45) is 5.73 Å². The molecule has 0 saturated carbocycles. The summed E-state index contributed by atoms with van der Waals surface area (Å²) in [5.74, 6) is 0.445. The Hall–Kier alpha value is -1.75. The number of carbonyl (C=O) groups is 1. The summed E-state index contributed by atoms with van der Waals surface area (Å²) in [6, 6.07) is 7.52. The largest absolute Gasteiger partial charge is 0.497 e. The van der Waals surface area contributed by atoms with Crippen LogP contribution in [0.2, 0.25) is 0 Å². The molecule has 0 radical (unpaired) electrons. The van der Waals surface area contributed by atoms with Gasteiger partial charge in [-0.1, -0.05) is 19.9 Å². The molecule has 0 bridgehead atoms. The first-order valence-electron chi connectivity index (χ1n) is 6.34. The van der Waals surface area contributed by atoms with Gasteiger partial charge in [-0.15, -0.1) is 0 Å². The van der Waals surface area contributed by atoms with Gasteiger partial charge in [0.25, 0.3) is 0 Å². The molecule has 0 fully saturated rings. The molecule has 0 aliphatic carbocycles. The normalized spacial score (nSPS) is 12.3. The van der Waals surface area contributed by atoms with E-state index in [2.05, 4.69) is 5.32 Å². The fourth-order valence-electron chi connectivity index (χ4n) is 1.85. The zero-order valence-corrected chi connectivity index (χ0v) is 12.0. The molecular weight excluding hydrogens is 242 g/mol. The number of nitrogens with two attached hydrogens (primary N) is 1. The molecular formula is C14H23N3O2. The van der Waals surface area contributed by atoms with Crippen LogP contribution in [0, 0.1) is 0 Å². The zero-order valence-electron chi connectivity index (χ0n) is 12.0. The average molecular weight is 265 g/mol. The van der Waals surface area contributed by atoms with Crippen molar-refractivity contribution < 1.29 is 9.53 Å². The summed E-state index contributed by atoms with van der Waals surface area (Å²) in [7, 11) is 3.55. The number of primary amides is 1. The smallest absolute Gasteiger partial charge is 0.236 e. The molecule has 1 amide bonds. The Morgan fingerprint density at radius 3 is 2.68 bits per heavy atom. The Balaban J connectivity index is 2.75. The number of methoxy groups -OCH3 is 1. The van der Waals surface area contributed by atoms with Gasteiger partial charge in [0, 0.05) is 31.4 Å². The molecule has 1 rings (SSSR count). The number of carbonyl (C=O) groups excluding carboxylic acids is 1. The van der Waals surface area contributed by atoms with Gasteiger partial charge in [0.05, 0.1) is 7.11 Å². The third-order valence-corrected chi connectivity index (χ3v) is 2.83. The van der Waals surface area contributed by atoms with Gasteiger partial charge < -0.3 is 20.7 Å². The number of hydrogen-bond donors (Lipinski definition) is 2. The predicted octanol–water partition coefficient (Wildman–Crippen LogP) is 0.983. The summed E-state index contributed by atoms with van der Waals surface area (Å²) in [6.45, 7) is 4.49. The van der Waals surface area contributed by atoms with E-state index in [4.69, 9.17) is 10.5 Å². The van der Waals surface area contributed by atoms with Gasteiger partial charge in [0.15, 0.2) is 0 Å². The van der Waals surface area contributed by atoms with E-state index >= 15 is 0 Å². The van der Waals surface area contributed by atoms with Crippen molar-refractivity contribution in [2.45, 2.75) is 25.9 Å². The quantitative estimate of drug-likeness (QED) is 0.771. The summed E-state index contributed by atoms with van der Waals surface area (Å²) in [5, 5.41) is 3.16. The number of nitrogens with zero attached hydrogens (tertiary/aromatic N) is 1. The van der Waals surface area contributed by atoms with Crippen LogP contribution in [0.5, 0.6) is 5.75 Å². The van der Waals surface area contributed by atoms with Crippen LogP contribution in [0.15, 0.2) is 24.3 Å². The number of amides is 1. The predicted molar refractivity (Wildman–Crippen MR) is 77.5 cm³/mol. The van der Waals surface area contributed by atoms with E-state index in [0.29, 0.717) is 6.54 Å².